The molecule has 1 heterocycles. The Morgan fingerprint density at radius 3 is 2.37 bits per heavy atom. The molecule has 0 aliphatic carbocycles. The average molecular weight is 381 g/mol. The Kier molecular flexibility index (Phi) is 6.01. The number of hydrogen-bond acceptors (Lipinski definition) is 4. The Morgan fingerprint density at radius 1 is 1.07 bits per heavy atom. The lowest BCUT2D eigenvalue weighted by Crippen LogP contribution is -2.36. The maximum absolute atomic E-state index is 12.5. The van der Waals surface area contributed by atoms with Gasteiger partial charge in [-0.25, -0.2) is 0 Å². The molecule has 0 radical (unpaired) electrons. The van der Waals surface area contributed by atoms with Gasteiger partial charge < -0.3 is 4.74 Å². The minimum atomic E-state index is -0.209. The highest BCUT2D eigenvalue weighted by atomic mass is 32.2. The van der Waals surface area contributed by atoms with Gasteiger partial charge in [0.2, 0.25) is 0 Å². The van der Waals surface area contributed by atoms with E-state index in [1.165, 1.54) is 10.5 Å². The number of benzene rings is 2. The molecule has 1 atom stereocenters. The van der Waals surface area contributed by atoms with Gasteiger partial charge in [0.1, 0.15) is 12.4 Å². The van der Waals surface area contributed by atoms with Crippen LogP contribution in [0.5, 0.6) is 5.75 Å². The number of aryl methyl sites for hydroxylation is 1. The zero-order valence-corrected chi connectivity index (χ0v) is 16.6. The van der Waals surface area contributed by atoms with Crippen molar-refractivity contribution in [3.63, 3.8) is 0 Å². The van der Waals surface area contributed by atoms with Crippen LogP contribution in [0.1, 0.15) is 37.0 Å². The van der Waals surface area contributed by atoms with Crippen molar-refractivity contribution in [1.29, 1.82) is 0 Å². The first-order chi connectivity index (χ1) is 13.0. The van der Waals surface area contributed by atoms with E-state index in [1.54, 1.807) is 6.08 Å². The SMILES string of the molecule is CC[C@H](C)N1C(=O)S/C(=C/c2ccc(OCc3ccc(C)cc3)cc2)C1=O. The normalized spacial score (nSPS) is 16.9. The topological polar surface area (TPSA) is 46.6 Å². The molecule has 27 heavy (non-hydrogen) atoms. The maximum atomic E-state index is 12.5. The summed E-state index contributed by atoms with van der Waals surface area (Å²) in [6.07, 6.45) is 2.51. The first kappa shape index (κ1) is 19.2. The summed E-state index contributed by atoms with van der Waals surface area (Å²) >= 11 is 1.00. The van der Waals surface area contributed by atoms with Crippen molar-refractivity contribution in [2.24, 2.45) is 0 Å². The van der Waals surface area contributed by atoms with Crippen molar-refractivity contribution < 1.29 is 14.3 Å². The number of hydrogen-bond donors (Lipinski definition) is 0. The predicted molar refractivity (Wildman–Crippen MR) is 110 cm³/mol. The summed E-state index contributed by atoms with van der Waals surface area (Å²) in [4.78, 5) is 26.4. The van der Waals surface area contributed by atoms with Crippen LogP contribution >= 0.6 is 11.8 Å². The van der Waals surface area contributed by atoms with Gasteiger partial charge in [-0.1, -0.05) is 48.9 Å². The number of carbonyl (C=O) groups excluding carboxylic acids is 2. The molecule has 0 spiro atoms. The summed E-state index contributed by atoms with van der Waals surface area (Å²) < 4.78 is 5.80. The minimum Gasteiger partial charge on any atom is -0.489 e. The van der Waals surface area contributed by atoms with Gasteiger partial charge in [0.25, 0.3) is 11.1 Å². The molecule has 4 nitrogen and oxygen atoms in total. The lowest BCUT2D eigenvalue weighted by molar-refractivity contribution is -0.124. The van der Waals surface area contributed by atoms with E-state index in [1.807, 2.05) is 38.1 Å². The maximum Gasteiger partial charge on any atom is 0.293 e. The Bertz CT molecular complexity index is 856. The average Bonchev–Trinajstić information content (AvgIpc) is 2.95. The van der Waals surface area contributed by atoms with E-state index in [-0.39, 0.29) is 17.2 Å². The quantitative estimate of drug-likeness (QED) is 0.628. The minimum absolute atomic E-state index is 0.0825. The standard InChI is InChI=1S/C22H23NO3S/c1-4-16(3)23-21(24)20(27-22(23)25)13-17-9-11-19(12-10-17)26-14-18-7-5-15(2)6-8-18/h5-13,16H,4,14H2,1-3H3/b20-13+/t16-/m0/s1. The molecule has 0 unspecified atom stereocenters. The van der Waals surface area contributed by atoms with E-state index in [4.69, 9.17) is 4.74 Å². The number of carbonyl (C=O) groups is 2. The van der Waals surface area contributed by atoms with Crippen LogP contribution in [0, 0.1) is 6.92 Å². The van der Waals surface area contributed by atoms with Gasteiger partial charge >= 0.3 is 0 Å². The first-order valence-electron chi connectivity index (χ1n) is 9.03. The molecule has 2 amide bonds. The molecule has 1 saturated heterocycles. The Labute approximate surface area is 164 Å². The zero-order valence-electron chi connectivity index (χ0n) is 15.8. The van der Waals surface area contributed by atoms with Crippen LogP contribution in [0.4, 0.5) is 4.79 Å². The molecule has 2 aromatic carbocycles. The summed E-state index contributed by atoms with van der Waals surface area (Å²) in [6, 6.07) is 15.7. The number of rotatable bonds is 6. The Hall–Kier alpha value is -2.53. The number of ether oxygens (including phenoxy) is 1. The summed E-state index contributed by atoms with van der Waals surface area (Å²) in [6.45, 7) is 6.42. The molecule has 0 N–H and O–H groups in total. The van der Waals surface area contributed by atoms with Gasteiger partial charge in [-0.2, -0.15) is 0 Å². The Balaban J connectivity index is 1.65. The second-order valence-electron chi connectivity index (χ2n) is 6.65. The second-order valence-corrected chi connectivity index (χ2v) is 7.65. The third-order valence-corrected chi connectivity index (χ3v) is 5.44. The molecule has 0 aromatic heterocycles. The van der Waals surface area contributed by atoms with E-state index in [2.05, 4.69) is 31.2 Å². The van der Waals surface area contributed by atoms with Crippen molar-refractivity contribution in [3.05, 3.63) is 70.1 Å². The smallest absolute Gasteiger partial charge is 0.293 e. The summed E-state index contributed by atoms with van der Waals surface area (Å²) in [5.41, 5.74) is 3.21. The van der Waals surface area contributed by atoms with Crippen molar-refractivity contribution >= 4 is 29.0 Å². The lowest BCUT2D eigenvalue weighted by atomic mass is 10.1. The fourth-order valence-corrected chi connectivity index (χ4v) is 3.64. The van der Waals surface area contributed by atoms with Crippen molar-refractivity contribution in [2.75, 3.05) is 0 Å². The van der Waals surface area contributed by atoms with Gasteiger partial charge in [-0.05, 0) is 61.4 Å². The fraction of sp³-hybridized carbons (Fsp3) is 0.273. The molecule has 1 aliphatic rings. The largest absolute Gasteiger partial charge is 0.489 e. The number of thioether (sulfide) groups is 1. The number of amides is 2. The van der Waals surface area contributed by atoms with Crippen LogP contribution in [0.3, 0.4) is 0 Å². The molecular formula is C22H23NO3S. The predicted octanol–water partition coefficient (Wildman–Crippen LogP) is 5.41. The second kappa shape index (κ2) is 8.44. The molecule has 1 aliphatic heterocycles. The van der Waals surface area contributed by atoms with Crippen LogP contribution in [-0.4, -0.2) is 22.1 Å². The van der Waals surface area contributed by atoms with E-state index >= 15 is 0 Å². The number of imide groups is 1. The summed E-state index contributed by atoms with van der Waals surface area (Å²) in [5, 5.41) is -0.196. The molecule has 3 rings (SSSR count). The van der Waals surface area contributed by atoms with Crippen molar-refractivity contribution in [2.45, 2.75) is 39.8 Å². The Morgan fingerprint density at radius 2 is 1.74 bits per heavy atom. The molecule has 2 aromatic rings. The molecule has 5 heteroatoms. The van der Waals surface area contributed by atoms with Crippen LogP contribution in [0.15, 0.2) is 53.4 Å². The molecule has 140 valence electrons. The third-order valence-electron chi connectivity index (χ3n) is 4.56. The van der Waals surface area contributed by atoms with Gasteiger partial charge in [-0.15, -0.1) is 0 Å². The molecule has 1 fully saturated rings. The summed E-state index contributed by atoms with van der Waals surface area (Å²) in [5.74, 6) is 0.555. The monoisotopic (exact) mass is 381 g/mol. The van der Waals surface area contributed by atoms with E-state index in [0.29, 0.717) is 11.5 Å². The van der Waals surface area contributed by atoms with Crippen LogP contribution in [0.25, 0.3) is 6.08 Å². The van der Waals surface area contributed by atoms with Crippen LogP contribution < -0.4 is 4.74 Å². The van der Waals surface area contributed by atoms with E-state index in [9.17, 15) is 9.59 Å². The molecule has 0 saturated carbocycles. The van der Waals surface area contributed by atoms with E-state index < -0.39 is 0 Å². The molecule has 0 bridgehead atoms. The lowest BCUT2D eigenvalue weighted by Gasteiger charge is -2.19. The van der Waals surface area contributed by atoms with Crippen LogP contribution in [0.2, 0.25) is 0 Å². The highest BCUT2D eigenvalue weighted by Crippen LogP contribution is 2.34. The van der Waals surface area contributed by atoms with Gasteiger partial charge in [0, 0.05) is 6.04 Å². The third kappa shape index (κ3) is 4.61. The highest BCUT2D eigenvalue weighted by molar-refractivity contribution is 8.18. The van der Waals surface area contributed by atoms with E-state index in [0.717, 1.165) is 35.1 Å². The van der Waals surface area contributed by atoms with Crippen LogP contribution in [-0.2, 0) is 11.4 Å². The summed E-state index contributed by atoms with van der Waals surface area (Å²) in [7, 11) is 0. The van der Waals surface area contributed by atoms with Gasteiger partial charge in [0.15, 0.2) is 0 Å². The fourth-order valence-electron chi connectivity index (χ4n) is 2.71. The van der Waals surface area contributed by atoms with Gasteiger partial charge in [-0.3, -0.25) is 14.5 Å². The van der Waals surface area contributed by atoms with Crippen molar-refractivity contribution in [1.82, 2.24) is 4.90 Å². The molecular weight excluding hydrogens is 358 g/mol. The number of nitrogens with zero attached hydrogens (tertiary/aromatic N) is 1. The van der Waals surface area contributed by atoms with Gasteiger partial charge in [0.05, 0.1) is 4.91 Å². The van der Waals surface area contributed by atoms with Crippen molar-refractivity contribution in [3.8, 4) is 5.75 Å². The zero-order chi connectivity index (χ0) is 19.4. The first-order valence-corrected chi connectivity index (χ1v) is 9.85. The highest BCUT2D eigenvalue weighted by Gasteiger charge is 2.37.